The third-order valence-electron chi connectivity index (χ3n) is 2.73. The van der Waals surface area contributed by atoms with Gasteiger partial charge in [-0.25, -0.2) is 19.3 Å². The molecule has 0 aromatic carbocycles. The van der Waals surface area contributed by atoms with Crippen molar-refractivity contribution in [2.45, 2.75) is 13.5 Å². The minimum atomic E-state index is -0.280. The fourth-order valence-corrected chi connectivity index (χ4v) is 2.52. The third kappa shape index (κ3) is 1.88. The molecule has 0 atom stereocenters. The van der Waals surface area contributed by atoms with E-state index in [2.05, 4.69) is 38.2 Å². The number of H-pyrrole nitrogens is 1. The van der Waals surface area contributed by atoms with Crippen molar-refractivity contribution >= 4 is 22.8 Å². The standard InChI is InChI=1S/C11H11N5OS/c1-7-4-18-5-8(7)3-12-9-2-10-14-15-11(17)16(10)6-13-9/h2,4-6,12H,3H2,1H3,(H,15,17). The average Bonchev–Trinajstić information content (AvgIpc) is 2.94. The Hall–Kier alpha value is -2.15. The van der Waals surface area contributed by atoms with E-state index >= 15 is 0 Å². The third-order valence-corrected chi connectivity index (χ3v) is 3.64. The molecule has 2 N–H and O–H groups in total. The summed E-state index contributed by atoms with van der Waals surface area (Å²) in [6, 6.07) is 1.74. The number of aryl methyl sites for hydroxylation is 1. The predicted molar refractivity (Wildman–Crippen MR) is 70.0 cm³/mol. The summed E-state index contributed by atoms with van der Waals surface area (Å²) in [5, 5.41) is 13.7. The molecule has 0 saturated carbocycles. The van der Waals surface area contributed by atoms with E-state index in [-0.39, 0.29) is 5.69 Å². The van der Waals surface area contributed by atoms with Gasteiger partial charge in [-0.05, 0) is 28.8 Å². The smallest absolute Gasteiger partial charge is 0.348 e. The molecule has 3 aromatic heterocycles. The van der Waals surface area contributed by atoms with E-state index in [4.69, 9.17) is 0 Å². The molecule has 0 aliphatic rings. The fourth-order valence-electron chi connectivity index (χ4n) is 1.66. The molecule has 7 heteroatoms. The Morgan fingerprint density at radius 3 is 3.17 bits per heavy atom. The Balaban J connectivity index is 1.83. The number of hydrogen-bond donors (Lipinski definition) is 2. The van der Waals surface area contributed by atoms with Crippen LogP contribution in [0.3, 0.4) is 0 Å². The number of rotatable bonds is 3. The van der Waals surface area contributed by atoms with Crippen LogP contribution in [0.2, 0.25) is 0 Å². The molecule has 0 unspecified atom stereocenters. The van der Waals surface area contributed by atoms with Crippen LogP contribution in [-0.4, -0.2) is 19.6 Å². The first-order chi connectivity index (χ1) is 8.74. The first-order valence-electron chi connectivity index (χ1n) is 5.42. The predicted octanol–water partition coefficient (Wildman–Crippen LogP) is 1.40. The van der Waals surface area contributed by atoms with E-state index in [9.17, 15) is 4.79 Å². The van der Waals surface area contributed by atoms with E-state index in [1.807, 2.05) is 0 Å². The van der Waals surface area contributed by atoms with Gasteiger partial charge in [0.1, 0.15) is 12.1 Å². The van der Waals surface area contributed by atoms with Crippen molar-refractivity contribution in [3.63, 3.8) is 0 Å². The lowest BCUT2D eigenvalue weighted by Gasteiger charge is -2.04. The van der Waals surface area contributed by atoms with Gasteiger partial charge in [0, 0.05) is 12.6 Å². The normalized spacial score (nSPS) is 10.9. The number of hydrogen-bond acceptors (Lipinski definition) is 5. The van der Waals surface area contributed by atoms with E-state index < -0.39 is 0 Å². The van der Waals surface area contributed by atoms with Crippen LogP contribution in [0.15, 0.2) is 27.9 Å². The molecule has 0 aliphatic heterocycles. The zero-order chi connectivity index (χ0) is 12.5. The molecule has 0 aliphatic carbocycles. The van der Waals surface area contributed by atoms with Crippen molar-refractivity contribution in [3.8, 4) is 0 Å². The first-order valence-corrected chi connectivity index (χ1v) is 6.36. The Labute approximate surface area is 106 Å². The van der Waals surface area contributed by atoms with E-state index in [1.165, 1.54) is 21.9 Å². The summed E-state index contributed by atoms with van der Waals surface area (Å²) in [6.07, 6.45) is 1.46. The Kier molecular flexibility index (Phi) is 2.60. The second-order valence-corrected chi connectivity index (χ2v) is 4.71. The quantitative estimate of drug-likeness (QED) is 0.747. The molecule has 18 heavy (non-hydrogen) atoms. The van der Waals surface area contributed by atoms with Crippen LogP contribution in [0.4, 0.5) is 5.82 Å². The lowest BCUT2D eigenvalue weighted by Crippen LogP contribution is -2.10. The highest BCUT2D eigenvalue weighted by Gasteiger charge is 2.03. The first kappa shape index (κ1) is 11.0. The average molecular weight is 261 g/mol. The van der Waals surface area contributed by atoms with Crippen LogP contribution in [0, 0.1) is 6.92 Å². The van der Waals surface area contributed by atoms with Gasteiger partial charge in [0.05, 0.1) is 0 Å². The largest absolute Gasteiger partial charge is 0.366 e. The van der Waals surface area contributed by atoms with Crippen LogP contribution < -0.4 is 11.0 Å². The van der Waals surface area contributed by atoms with Gasteiger partial charge in [0.2, 0.25) is 0 Å². The number of aromatic amines is 1. The molecule has 3 rings (SSSR count). The number of anilines is 1. The van der Waals surface area contributed by atoms with Gasteiger partial charge in [0.25, 0.3) is 0 Å². The van der Waals surface area contributed by atoms with Gasteiger partial charge in [-0.1, -0.05) is 0 Å². The van der Waals surface area contributed by atoms with Crippen molar-refractivity contribution in [2.75, 3.05) is 5.32 Å². The van der Waals surface area contributed by atoms with E-state index in [0.29, 0.717) is 18.0 Å². The molecule has 6 nitrogen and oxygen atoms in total. The van der Waals surface area contributed by atoms with E-state index in [0.717, 1.165) is 0 Å². The summed E-state index contributed by atoms with van der Waals surface area (Å²) in [5.74, 6) is 0.701. The summed E-state index contributed by atoms with van der Waals surface area (Å²) < 4.78 is 1.36. The molecule has 0 amide bonds. The van der Waals surface area contributed by atoms with E-state index in [1.54, 1.807) is 17.4 Å². The Bertz CT molecular complexity index is 741. The van der Waals surface area contributed by atoms with Crippen molar-refractivity contribution in [3.05, 3.63) is 44.8 Å². The lowest BCUT2D eigenvalue weighted by molar-refractivity contribution is 0.990. The molecule has 92 valence electrons. The number of nitrogens with one attached hydrogen (secondary N) is 2. The molecular formula is C11H11N5OS. The van der Waals surface area contributed by atoms with Crippen molar-refractivity contribution in [2.24, 2.45) is 0 Å². The lowest BCUT2D eigenvalue weighted by atomic mass is 10.2. The van der Waals surface area contributed by atoms with Gasteiger partial charge in [-0.2, -0.15) is 16.4 Å². The van der Waals surface area contributed by atoms with Crippen LogP contribution in [-0.2, 0) is 6.54 Å². The summed E-state index contributed by atoms with van der Waals surface area (Å²) in [4.78, 5) is 15.4. The number of aromatic nitrogens is 4. The molecular weight excluding hydrogens is 250 g/mol. The molecule has 0 fully saturated rings. The van der Waals surface area contributed by atoms with Gasteiger partial charge >= 0.3 is 5.69 Å². The Morgan fingerprint density at radius 2 is 2.39 bits per heavy atom. The maximum absolute atomic E-state index is 11.3. The summed E-state index contributed by atoms with van der Waals surface area (Å²) >= 11 is 1.68. The topological polar surface area (TPSA) is 75.1 Å². The fraction of sp³-hybridized carbons (Fsp3) is 0.182. The molecule has 0 saturated heterocycles. The van der Waals surface area contributed by atoms with Gasteiger partial charge in [-0.15, -0.1) is 0 Å². The van der Waals surface area contributed by atoms with Crippen molar-refractivity contribution in [1.29, 1.82) is 0 Å². The highest BCUT2D eigenvalue weighted by atomic mass is 32.1. The summed E-state index contributed by atoms with van der Waals surface area (Å²) in [6.45, 7) is 2.80. The van der Waals surface area contributed by atoms with Crippen LogP contribution >= 0.6 is 11.3 Å². The number of nitrogens with zero attached hydrogens (tertiary/aromatic N) is 3. The van der Waals surface area contributed by atoms with Gasteiger partial charge in [-0.3, -0.25) is 0 Å². The second kappa shape index (κ2) is 4.26. The number of thiophene rings is 1. The van der Waals surface area contributed by atoms with Crippen LogP contribution in [0.5, 0.6) is 0 Å². The second-order valence-electron chi connectivity index (χ2n) is 3.96. The van der Waals surface area contributed by atoms with Crippen LogP contribution in [0.1, 0.15) is 11.1 Å². The SMILES string of the molecule is Cc1cscc1CNc1cc2n[nH]c(=O)n2cn1. The highest BCUT2D eigenvalue weighted by Crippen LogP contribution is 2.15. The minimum Gasteiger partial charge on any atom is -0.366 e. The minimum absolute atomic E-state index is 0.280. The van der Waals surface area contributed by atoms with Gasteiger partial charge < -0.3 is 5.32 Å². The monoisotopic (exact) mass is 261 g/mol. The molecule has 3 aromatic rings. The maximum Gasteiger partial charge on any atom is 0.348 e. The molecule has 0 bridgehead atoms. The zero-order valence-electron chi connectivity index (χ0n) is 9.67. The Morgan fingerprint density at radius 1 is 1.50 bits per heavy atom. The zero-order valence-corrected chi connectivity index (χ0v) is 10.5. The number of fused-ring (bicyclic) bond motifs is 1. The molecule has 3 heterocycles. The van der Waals surface area contributed by atoms with Gasteiger partial charge in [0.15, 0.2) is 5.65 Å². The highest BCUT2D eigenvalue weighted by molar-refractivity contribution is 7.08. The van der Waals surface area contributed by atoms with Crippen molar-refractivity contribution < 1.29 is 0 Å². The summed E-state index contributed by atoms with van der Waals surface area (Å²) in [7, 11) is 0. The summed E-state index contributed by atoms with van der Waals surface area (Å²) in [5.41, 5.74) is 2.79. The molecule has 0 radical (unpaired) electrons. The molecule has 0 spiro atoms. The van der Waals surface area contributed by atoms with Crippen LogP contribution in [0.25, 0.3) is 5.65 Å². The maximum atomic E-state index is 11.3. The van der Waals surface area contributed by atoms with Crippen molar-refractivity contribution in [1.82, 2.24) is 19.6 Å².